The zero-order chi connectivity index (χ0) is 10.9. The Morgan fingerprint density at radius 2 is 1.86 bits per heavy atom. The minimum atomic E-state index is -4.00. The summed E-state index contributed by atoms with van der Waals surface area (Å²) in [5.74, 6) is -2.53. The Kier molecular flexibility index (Phi) is 2.43. The number of hydrogen-bond acceptors (Lipinski definition) is 5. The maximum atomic E-state index is 12.8. The highest BCUT2D eigenvalue weighted by Gasteiger charge is 2.14. The lowest BCUT2D eigenvalue weighted by Crippen LogP contribution is -2.26. The molecule has 0 unspecified atom stereocenters. The van der Waals surface area contributed by atoms with E-state index >= 15 is 0 Å². The predicted molar refractivity (Wildman–Crippen MR) is 43.1 cm³/mol. The Labute approximate surface area is 76.7 Å². The molecular weight excluding hydrogens is 219 g/mol. The van der Waals surface area contributed by atoms with Crippen molar-refractivity contribution < 1.29 is 17.0 Å². The Balaban J connectivity index is 3.36. The molecule has 0 bridgehead atoms. The van der Waals surface area contributed by atoms with Crippen molar-refractivity contribution in [3.05, 3.63) is 26.7 Å². The summed E-state index contributed by atoms with van der Waals surface area (Å²) in [6.07, 6.45) is 0.645. The molecule has 0 fully saturated rings. The number of aromatic amines is 2. The van der Waals surface area contributed by atoms with Gasteiger partial charge in [-0.3, -0.25) is 14.8 Å². The van der Waals surface area contributed by atoms with E-state index in [-0.39, 0.29) is 0 Å². The fourth-order valence-electron chi connectivity index (χ4n) is 0.659. The first-order valence-electron chi connectivity index (χ1n) is 3.21. The van der Waals surface area contributed by atoms with Crippen LogP contribution in [0.4, 0.5) is 4.39 Å². The molecule has 1 heterocycles. The van der Waals surface area contributed by atoms with Crippen LogP contribution < -0.4 is 15.4 Å². The zero-order valence-electron chi connectivity index (χ0n) is 6.83. The number of nitrogens with one attached hydrogen (secondary N) is 2. The normalized spacial score (nSPS) is 11.3. The molecule has 1 rings (SSSR count). The van der Waals surface area contributed by atoms with Crippen LogP contribution in [0.15, 0.2) is 9.59 Å². The molecule has 0 spiro atoms. The minimum Gasteiger partial charge on any atom is -0.360 e. The second-order valence-electron chi connectivity index (χ2n) is 2.34. The third-order valence-corrected chi connectivity index (χ3v) is 1.56. The van der Waals surface area contributed by atoms with Gasteiger partial charge in [-0.25, -0.2) is 4.79 Å². The largest absolute Gasteiger partial charge is 0.360 e. The maximum absolute atomic E-state index is 12.8. The molecule has 0 radical (unpaired) electrons. The summed E-state index contributed by atoms with van der Waals surface area (Å²) in [5.41, 5.74) is -2.41. The number of H-pyrrole nitrogens is 2. The molecule has 0 saturated carbocycles. The van der Waals surface area contributed by atoms with E-state index in [1.165, 1.54) is 0 Å². The summed E-state index contributed by atoms with van der Waals surface area (Å²) in [6, 6.07) is 0. The van der Waals surface area contributed by atoms with Crippen LogP contribution in [-0.4, -0.2) is 24.6 Å². The molecule has 0 aliphatic rings. The van der Waals surface area contributed by atoms with Gasteiger partial charge in [0.05, 0.1) is 6.26 Å². The second-order valence-corrected chi connectivity index (χ2v) is 3.91. The Morgan fingerprint density at radius 3 is 2.36 bits per heavy atom. The van der Waals surface area contributed by atoms with Crippen molar-refractivity contribution in [2.45, 2.75) is 0 Å². The van der Waals surface area contributed by atoms with Crippen LogP contribution in [-0.2, 0) is 10.1 Å². The van der Waals surface area contributed by atoms with Gasteiger partial charge in [-0.15, -0.1) is 0 Å². The number of aromatic nitrogens is 2. The van der Waals surface area contributed by atoms with E-state index in [2.05, 4.69) is 4.18 Å². The maximum Gasteiger partial charge on any atom is 0.328 e. The van der Waals surface area contributed by atoms with E-state index in [4.69, 9.17) is 0 Å². The van der Waals surface area contributed by atoms with Gasteiger partial charge in [0, 0.05) is 0 Å². The Morgan fingerprint density at radius 1 is 1.29 bits per heavy atom. The van der Waals surface area contributed by atoms with Crippen LogP contribution in [0.2, 0.25) is 0 Å². The van der Waals surface area contributed by atoms with Gasteiger partial charge in [-0.05, 0) is 0 Å². The summed E-state index contributed by atoms with van der Waals surface area (Å²) in [4.78, 5) is 24.5. The molecule has 1 aromatic rings. The van der Waals surface area contributed by atoms with Crippen molar-refractivity contribution in [2.24, 2.45) is 0 Å². The van der Waals surface area contributed by atoms with Crippen molar-refractivity contribution in [3.8, 4) is 5.88 Å². The highest BCUT2D eigenvalue weighted by molar-refractivity contribution is 7.86. The molecule has 0 amide bonds. The zero-order valence-corrected chi connectivity index (χ0v) is 7.64. The highest BCUT2D eigenvalue weighted by atomic mass is 32.2. The molecule has 9 heteroatoms. The first kappa shape index (κ1) is 10.4. The average molecular weight is 224 g/mol. The van der Waals surface area contributed by atoms with E-state index in [1.54, 1.807) is 9.97 Å². The SMILES string of the molecule is CS(=O)(=O)Oc1[nH]c(=O)[nH]c(=O)c1F. The van der Waals surface area contributed by atoms with E-state index in [9.17, 15) is 22.4 Å². The second kappa shape index (κ2) is 3.25. The first-order valence-corrected chi connectivity index (χ1v) is 5.03. The van der Waals surface area contributed by atoms with Crippen LogP contribution in [0.5, 0.6) is 5.88 Å². The van der Waals surface area contributed by atoms with Crippen LogP contribution in [0.3, 0.4) is 0 Å². The molecule has 0 aliphatic carbocycles. The van der Waals surface area contributed by atoms with Crippen molar-refractivity contribution in [3.63, 3.8) is 0 Å². The lowest BCUT2D eigenvalue weighted by Gasteiger charge is -2.01. The minimum absolute atomic E-state index is 0.645. The molecular formula is C5H5FN2O5S. The summed E-state index contributed by atoms with van der Waals surface area (Å²) in [6.45, 7) is 0. The quantitative estimate of drug-likeness (QED) is 0.597. The molecule has 78 valence electrons. The smallest absolute Gasteiger partial charge is 0.328 e. The molecule has 2 N–H and O–H groups in total. The third-order valence-electron chi connectivity index (χ3n) is 1.09. The predicted octanol–water partition coefficient (Wildman–Crippen LogP) is -1.46. The molecule has 7 nitrogen and oxygen atoms in total. The highest BCUT2D eigenvalue weighted by Crippen LogP contribution is 2.07. The number of halogens is 1. The van der Waals surface area contributed by atoms with Gasteiger partial charge in [0.1, 0.15) is 0 Å². The van der Waals surface area contributed by atoms with Crippen molar-refractivity contribution in [1.82, 2.24) is 9.97 Å². The van der Waals surface area contributed by atoms with Gasteiger partial charge >= 0.3 is 15.8 Å². The fourth-order valence-corrected chi connectivity index (χ4v) is 1.08. The lowest BCUT2D eigenvalue weighted by molar-refractivity contribution is 0.445. The van der Waals surface area contributed by atoms with Gasteiger partial charge in [-0.2, -0.15) is 12.8 Å². The molecule has 0 aromatic carbocycles. The van der Waals surface area contributed by atoms with E-state index in [0.29, 0.717) is 6.26 Å². The summed E-state index contributed by atoms with van der Waals surface area (Å²) in [5, 5.41) is 0. The summed E-state index contributed by atoms with van der Waals surface area (Å²) in [7, 11) is -4.00. The van der Waals surface area contributed by atoms with Gasteiger partial charge in [0.25, 0.3) is 11.4 Å². The Bertz CT molecular complexity index is 556. The van der Waals surface area contributed by atoms with Crippen molar-refractivity contribution >= 4 is 10.1 Å². The fraction of sp³-hybridized carbons (Fsp3) is 0.200. The first-order chi connectivity index (χ1) is 6.29. The van der Waals surface area contributed by atoms with Crippen LogP contribution >= 0.6 is 0 Å². The standard InChI is InChI=1S/C5H5FN2O5S/c1-14(11,12)13-4-2(6)3(9)7-5(10)8-4/h1H3,(H2,7,8,9,10). The van der Waals surface area contributed by atoms with Crippen LogP contribution in [0.25, 0.3) is 0 Å². The number of hydrogen-bond donors (Lipinski definition) is 2. The lowest BCUT2D eigenvalue weighted by atomic mass is 10.6. The molecule has 0 saturated heterocycles. The van der Waals surface area contributed by atoms with Crippen LogP contribution in [0, 0.1) is 5.82 Å². The van der Waals surface area contributed by atoms with E-state index in [0.717, 1.165) is 0 Å². The molecule has 0 atom stereocenters. The van der Waals surface area contributed by atoms with Gasteiger partial charge in [0.2, 0.25) is 5.82 Å². The Hall–Kier alpha value is -1.64. The average Bonchev–Trinajstić information content (AvgIpc) is 1.96. The van der Waals surface area contributed by atoms with Gasteiger partial charge in [-0.1, -0.05) is 0 Å². The van der Waals surface area contributed by atoms with Gasteiger partial charge in [0.15, 0.2) is 0 Å². The van der Waals surface area contributed by atoms with E-state index in [1.807, 2.05) is 0 Å². The van der Waals surface area contributed by atoms with Crippen LogP contribution in [0.1, 0.15) is 0 Å². The molecule has 0 aliphatic heterocycles. The van der Waals surface area contributed by atoms with E-state index < -0.39 is 33.1 Å². The monoisotopic (exact) mass is 224 g/mol. The topological polar surface area (TPSA) is 109 Å². The van der Waals surface area contributed by atoms with Crippen molar-refractivity contribution in [1.29, 1.82) is 0 Å². The van der Waals surface area contributed by atoms with Gasteiger partial charge < -0.3 is 4.18 Å². The number of rotatable bonds is 2. The third kappa shape index (κ3) is 2.42. The summed E-state index contributed by atoms with van der Waals surface area (Å²) >= 11 is 0. The molecule has 1 aromatic heterocycles. The summed E-state index contributed by atoms with van der Waals surface area (Å²) < 4.78 is 37.9. The van der Waals surface area contributed by atoms with Crippen molar-refractivity contribution in [2.75, 3.05) is 6.26 Å². The molecule has 14 heavy (non-hydrogen) atoms.